The molecule has 27 heavy (non-hydrogen) atoms. The highest BCUT2D eigenvalue weighted by Gasteiger charge is 2.05. The summed E-state index contributed by atoms with van der Waals surface area (Å²) in [6, 6.07) is 16.1. The van der Waals surface area contributed by atoms with Crippen molar-refractivity contribution in [3.8, 4) is 0 Å². The van der Waals surface area contributed by atoms with Crippen molar-refractivity contribution >= 4 is 28.7 Å². The zero-order valence-corrected chi connectivity index (χ0v) is 15.7. The van der Waals surface area contributed by atoms with Gasteiger partial charge in [-0.15, -0.1) is 0 Å². The number of carbonyl (C=O) groups excluding carboxylic acids is 1. The van der Waals surface area contributed by atoms with Crippen LogP contribution in [0.15, 0.2) is 60.8 Å². The lowest BCUT2D eigenvalue weighted by molar-refractivity contribution is -0.116. The Morgan fingerprint density at radius 3 is 2.74 bits per heavy atom. The first-order valence-electron chi connectivity index (χ1n) is 9.15. The summed E-state index contributed by atoms with van der Waals surface area (Å²) < 4.78 is 0. The van der Waals surface area contributed by atoms with E-state index in [1.54, 1.807) is 12.3 Å². The number of hydrogen-bond acceptors (Lipinski definition) is 4. The second-order valence-corrected chi connectivity index (χ2v) is 6.33. The van der Waals surface area contributed by atoms with Crippen molar-refractivity contribution in [1.82, 2.24) is 15.3 Å². The van der Waals surface area contributed by atoms with E-state index < -0.39 is 0 Å². The lowest BCUT2D eigenvalue weighted by atomic mass is 10.2. The molecule has 0 unspecified atom stereocenters. The third-order valence-corrected chi connectivity index (χ3v) is 4.30. The largest absolute Gasteiger partial charge is 0.370 e. The van der Waals surface area contributed by atoms with Crippen LogP contribution in [0.3, 0.4) is 0 Å². The molecule has 0 spiro atoms. The highest BCUT2D eigenvalue weighted by Crippen LogP contribution is 2.15. The molecule has 0 fully saturated rings. The predicted molar refractivity (Wildman–Crippen MR) is 111 cm³/mol. The van der Waals surface area contributed by atoms with Crippen LogP contribution in [-0.2, 0) is 4.79 Å². The van der Waals surface area contributed by atoms with Crippen LogP contribution in [0.25, 0.3) is 17.1 Å². The van der Waals surface area contributed by atoms with E-state index in [4.69, 9.17) is 0 Å². The quantitative estimate of drug-likeness (QED) is 0.654. The van der Waals surface area contributed by atoms with Crippen LogP contribution < -0.4 is 10.2 Å². The maximum atomic E-state index is 12.1. The maximum Gasteiger partial charge on any atom is 0.244 e. The van der Waals surface area contributed by atoms with Gasteiger partial charge in [0.05, 0.1) is 22.9 Å². The van der Waals surface area contributed by atoms with Gasteiger partial charge in [-0.05, 0) is 49.8 Å². The molecular weight excluding hydrogens is 336 g/mol. The number of nitrogens with zero attached hydrogens (tertiary/aromatic N) is 3. The van der Waals surface area contributed by atoms with Gasteiger partial charge < -0.3 is 10.2 Å². The highest BCUT2D eigenvalue weighted by molar-refractivity contribution is 5.91. The molecular formula is C22H24N4O. The number of rotatable bonds is 7. The second-order valence-electron chi connectivity index (χ2n) is 6.33. The first-order chi connectivity index (χ1) is 13.2. The molecule has 0 aliphatic heterocycles. The topological polar surface area (TPSA) is 58.1 Å². The minimum Gasteiger partial charge on any atom is -0.370 e. The number of hydrogen-bond donors (Lipinski definition) is 1. The molecule has 0 atom stereocenters. The molecule has 1 aromatic heterocycles. The second kappa shape index (κ2) is 8.94. The van der Waals surface area contributed by atoms with Gasteiger partial charge in [0.15, 0.2) is 0 Å². The third kappa shape index (κ3) is 5.14. The fourth-order valence-electron chi connectivity index (χ4n) is 2.88. The van der Waals surface area contributed by atoms with Crippen molar-refractivity contribution in [3.63, 3.8) is 0 Å². The first kappa shape index (κ1) is 18.6. The number of para-hydroxylation sites is 2. The Hall–Kier alpha value is -3.21. The van der Waals surface area contributed by atoms with Gasteiger partial charge >= 0.3 is 0 Å². The van der Waals surface area contributed by atoms with Gasteiger partial charge in [-0.1, -0.05) is 24.3 Å². The molecule has 0 bridgehead atoms. The average Bonchev–Trinajstić information content (AvgIpc) is 2.69. The monoisotopic (exact) mass is 360 g/mol. The molecule has 3 aromatic rings. The zero-order chi connectivity index (χ0) is 19.1. The molecule has 5 nitrogen and oxygen atoms in total. The minimum absolute atomic E-state index is 0.134. The smallest absolute Gasteiger partial charge is 0.244 e. The lowest BCUT2D eigenvalue weighted by Gasteiger charge is -2.23. The zero-order valence-electron chi connectivity index (χ0n) is 15.7. The van der Waals surface area contributed by atoms with Gasteiger partial charge in [0.2, 0.25) is 5.91 Å². The number of amides is 1. The molecule has 5 heteroatoms. The normalized spacial score (nSPS) is 11.0. The number of likely N-dealkylation sites (N-methyl/N-ethyl adjacent to an activating group) is 1. The summed E-state index contributed by atoms with van der Waals surface area (Å²) in [5, 5.41) is 2.92. The molecule has 1 N–H and O–H groups in total. The average molecular weight is 360 g/mol. The number of nitrogens with one attached hydrogen (secondary N) is 1. The standard InChI is InChI=1S/C22H24N4O/c1-3-26(19-8-6-7-17(2)15-19)14-13-23-22(27)12-11-18-16-24-20-9-4-5-10-21(20)25-18/h4-12,15-16H,3,13-14H2,1-2H3,(H,23,27)/b12-11+. The number of anilines is 1. The van der Waals surface area contributed by atoms with Crippen molar-refractivity contribution in [3.05, 3.63) is 72.1 Å². The molecule has 0 radical (unpaired) electrons. The van der Waals surface area contributed by atoms with E-state index in [9.17, 15) is 4.79 Å². The van der Waals surface area contributed by atoms with E-state index in [1.807, 2.05) is 24.3 Å². The molecule has 1 heterocycles. The van der Waals surface area contributed by atoms with Gasteiger partial charge in [0.25, 0.3) is 0 Å². The molecule has 1 amide bonds. The summed E-state index contributed by atoms with van der Waals surface area (Å²) in [7, 11) is 0. The van der Waals surface area contributed by atoms with Crippen molar-refractivity contribution in [1.29, 1.82) is 0 Å². The number of aryl methyl sites for hydroxylation is 1. The minimum atomic E-state index is -0.134. The van der Waals surface area contributed by atoms with E-state index in [2.05, 4.69) is 58.3 Å². The van der Waals surface area contributed by atoms with Crippen LogP contribution in [0.2, 0.25) is 0 Å². The van der Waals surface area contributed by atoms with Crippen LogP contribution in [0.4, 0.5) is 5.69 Å². The third-order valence-electron chi connectivity index (χ3n) is 4.30. The van der Waals surface area contributed by atoms with Gasteiger partial charge in [-0.25, -0.2) is 4.98 Å². The van der Waals surface area contributed by atoms with Crippen molar-refractivity contribution in [2.75, 3.05) is 24.5 Å². The van der Waals surface area contributed by atoms with E-state index in [0.717, 1.165) is 24.1 Å². The highest BCUT2D eigenvalue weighted by atomic mass is 16.1. The fourth-order valence-corrected chi connectivity index (χ4v) is 2.88. The molecule has 2 aromatic carbocycles. The first-order valence-corrected chi connectivity index (χ1v) is 9.15. The van der Waals surface area contributed by atoms with Crippen LogP contribution in [0.5, 0.6) is 0 Å². The van der Waals surface area contributed by atoms with E-state index in [1.165, 1.54) is 17.3 Å². The Morgan fingerprint density at radius 2 is 1.96 bits per heavy atom. The summed E-state index contributed by atoms with van der Waals surface area (Å²) in [6.07, 6.45) is 4.86. The Morgan fingerprint density at radius 1 is 1.15 bits per heavy atom. The Balaban J connectivity index is 1.53. The van der Waals surface area contributed by atoms with Crippen molar-refractivity contribution in [2.45, 2.75) is 13.8 Å². The molecule has 138 valence electrons. The van der Waals surface area contributed by atoms with Crippen molar-refractivity contribution in [2.24, 2.45) is 0 Å². The summed E-state index contributed by atoms with van der Waals surface area (Å²) >= 11 is 0. The number of fused-ring (bicyclic) bond motifs is 1. The molecule has 0 saturated carbocycles. The lowest BCUT2D eigenvalue weighted by Crippen LogP contribution is -2.34. The van der Waals surface area contributed by atoms with E-state index >= 15 is 0 Å². The van der Waals surface area contributed by atoms with E-state index in [-0.39, 0.29) is 5.91 Å². The molecule has 0 aliphatic rings. The van der Waals surface area contributed by atoms with Crippen LogP contribution in [0.1, 0.15) is 18.2 Å². The van der Waals surface area contributed by atoms with Crippen LogP contribution >= 0.6 is 0 Å². The SMILES string of the molecule is CCN(CCNC(=O)/C=C/c1cnc2ccccc2n1)c1cccc(C)c1. The van der Waals surface area contributed by atoms with Crippen LogP contribution in [-0.4, -0.2) is 35.5 Å². The summed E-state index contributed by atoms with van der Waals surface area (Å²) in [4.78, 5) is 23.1. The van der Waals surface area contributed by atoms with Gasteiger partial charge in [0.1, 0.15) is 0 Å². The summed E-state index contributed by atoms with van der Waals surface area (Å²) in [5.74, 6) is -0.134. The molecule has 3 rings (SSSR count). The van der Waals surface area contributed by atoms with Gasteiger partial charge in [0, 0.05) is 31.4 Å². The molecule has 0 saturated heterocycles. The number of benzene rings is 2. The fraction of sp³-hybridized carbons (Fsp3) is 0.227. The van der Waals surface area contributed by atoms with Gasteiger partial charge in [-0.3, -0.25) is 9.78 Å². The Bertz CT molecular complexity index is 952. The number of carbonyl (C=O) groups is 1. The summed E-state index contributed by atoms with van der Waals surface area (Å²) in [6.45, 7) is 6.42. The maximum absolute atomic E-state index is 12.1. The molecule has 0 aliphatic carbocycles. The van der Waals surface area contributed by atoms with E-state index in [0.29, 0.717) is 12.2 Å². The Kier molecular flexibility index (Phi) is 6.15. The van der Waals surface area contributed by atoms with Gasteiger partial charge in [-0.2, -0.15) is 0 Å². The predicted octanol–water partition coefficient (Wildman–Crippen LogP) is 3.59. The Labute approximate surface area is 159 Å². The summed E-state index contributed by atoms with van der Waals surface area (Å²) in [5.41, 5.74) is 4.73. The van der Waals surface area contributed by atoms with Crippen molar-refractivity contribution < 1.29 is 4.79 Å². The van der Waals surface area contributed by atoms with Crippen LogP contribution in [0, 0.1) is 6.92 Å². The number of aromatic nitrogens is 2.